The van der Waals surface area contributed by atoms with Crippen LogP contribution in [0.5, 0.6) is 0 Å². The molecule has 0 saturated heterocycles. The zero-order valence-electron chi connectivity index (χ0n) is 14.4. The first-order valence-electron chi connectivity index (χ1n) is 8.13. The van der Waals surface area contributed by atoms with E-state index in [2.05, 4.69) is 10.3 Å². The highest BCUT2D eigenvalue weighted by Gasteiger charge is 2.16. The van der Waals surface area contributed by atoms with Crippen LogP contribution in [0.4, 0.5) is 9.18 Å². The second-order valence-electron chi connectivity index (χ2n) is 6.06. The second-order valence-corrected chi connectivity index (χ2v) is 6.06. The summed E-state index contributed by atoms with van der Waals surface area (Å²) in [6, 6.07) is 10.5. The summed E-state index contributed by atoms with van der Waals surface area (Å²) >= 11 is 0. The van der Waals surface area contributed by atoms with Crippen molar-refractivity contribution >= 4 is 6.03 Å². The van der Waals surface area contributed by atoms with Gasteiger partial charge in [0.15, 0.2) is 0 Å². The van der Waals surface area contributed by atoms with Gasteiger partial charge in [-0.25, -0.2) is 9.18 Å². The third-order valence-corrected chi connectivity index (χ3v) is 4.09. The topological polar surface area (TPSA) is 45.2 Å². The molecule has 1 N–H and O–H groups in total. The molecule has 2 aromatic rings. The molecule has 0 aliphatic heterocycles. The predicted molar refractivity (Wildman–Crippen MR) is 93.4 cm³/mol. The fraction of sp³-hybridized carbons (Fsp3) is 0.368. The van der Waals surface area contributed by atoms with E-state index in [1.54, 1.807) is 36.3 Å². The Labute approximate surface area is 142 Å². The number of nitrogens with zero attached hydrogens (tertiary/aromatic N) is 2. The van der Waals surface area contributed by atoms with Crippen LogP contribution in [-0.4, -0.2) is 35.5 Å². The number of hydrogen-bond acceptors (Lipinski definition) is 2. The number of aryl methyl sites for hydroxylation is 1. The van der Waals surface area contributed by atoms with Crippen molar-refractivity contribution in [1.29, 1.82) is 0 Å². The summed E-state index contributed by atoms with van der Waals surface area (Å²) in [5, 5.41) is 2.84. The molecule has 1 atom stereocenters. The van der Waals surface area contributed by atoms with Gasteiger partial charge in [-0.3, -0.25) is 4.98 Å². The molecule has 0 fully saturated rings. The highest BCUT2D eigenvalue weighted by atomic mass is 19.1. The minimum Gasteiger partial charge on any atom is -0.338 e. The third kappa shape index (κ3) is 5.05. The summed E-state index contributed by atoms with van der Waals surface area (Å²) in [6.45, 7) is 4.41. The van der Waals surface area contributed by atoms with E-state index in [1.165, 1.54) is 6.07 Å². The molecule has 1 aromatic carbocycles. The van der Waals surface area contributed by atoms with Crippen LogP contribution in [0.1, 0.15) is 23.7 Å². The van der Waals surface area contributed by atoms with Crippen LogP contribution in [0.25, 0.3) is 0 Å². The molecule has 128 valence electrons. The number of pyridine rings is 1. The Hall–Kier alpha value is -2.43. The lowest BCUT2D eigenvalue weighted by atomic mass is 10.1. The van der Waals surface area contributed by atoms with Gasteiger partial charge in [-0.1, -0.05) is 18.2 Å². The van der Waals surface area contributed by atoms with Crippen LogP contribution < -0.4 is 5.32 Å². The molecule has 0 bridgehead atoms. The van der Waals surface area contributed by atoms with Crippen molar-refractivity contribution in [2.45, 2.75) is 32.7 Å². The van der Waals surface area contributed by atoms with Gasteiger partial charge in [-0.15, -0.1) is 0 Å². The first-order valence-corrected chi connectivity index (χ1v) is 8.13. The van der Waals surface area contributed by atoms with Crippen LogP contribution in [0.2, 0.25) is 0 Å². The fourth-order valence-electron chi connectivity index (χ4n) is 2.48. The van der Waals surface area contributed by atoms with E-state index in [0.717, 1.165) is 11.3 Å². The Kier molecular flexibility index (Phi) is 6.29. The van der Waals surface area contributed by atoms with E-state index in [4.69, 9.17) is 0 Å². The van der Waals surface area contributed by atoms with Gasteiger partial charge in [0.25, 0.3) is 0 Å². The molecule has 0 aliphatic carbocycles. The van der Waals surface area contributed by atoms with Gasteiger partial charge in [0, 0.05) is 37.9 Å². The minimum absolute atomic E-state index is 0.0211. The molecule has 2 amide bonds. The Morgan fingerprint density at radius 1 is 1.33 bits per heavy atom. The number of urea groups is 1. The number of aromatic nitrogens is 1. The maximum Gasteiger partial charge on any atom is 0.317 e. The number of benzene rings is 1. The Morgan fingerprint density at radius 2 is 2.08 bits per heavy atom. The van der Waals surface area contributed by atoms with Gasteiger partial charge in [-0.2, -0.15) is 0 Å². The van der Waals surface area contributed by atoms with Crippen molar-refractivity contribution < 1.29 is 9.18 Å². The van der Waals surface area contributed by atoms with Gasteiger partial charge >= 0.3 is 6.03 Å². The van der Waals surface area contributed by atoms with Crippen LogP contribution in [0.3, 0.4) is 0 Å². The van der Waals surface area contributed by atoms with Crippen LogP contribution in [0.15, 0.2) is 42.6 Å². The lowest BCUT2D eigenvalue weighted by Crippen LogP contribution is -2.44. The average Bonchev–Trinajstić information content (AvgIpc) is 2.55. The molecule has 1 aromatic heterocycles. The first kappa shape index (κ1) is 17.9. The third-order valence-electron chi connectivity index (χ3n) is 4.09. The lowest BCUT2D eigenvalue weighted by molar-refractivity contribution is 0.193. The number of hydrogen-bond donors (Lipinski definition) is 1. The number of nitrogens with one attached hydrogen (secondary N) is 1. The van der Waals surface area contributed by atoms with Gasteiger partial charge in [0.2, 0.25) is 0 Å². The molecule has 5 heteroatoms. The van der Waals surface area contributed by atoms with Gasteiger partial charge in [0.1, 0.15) is 5.82 Å². The van der Waals surface area contributed by atoms with Gasteiger partial charge in [-0.05, 0) is 49.6 Å². The maximum absolute atomic E-state index is 13.5. The highest BCUT2D eigenvalue weighted by molar-refractivity contribution is 5.74. The summed E-state index contributed by atoms with van der Waals surface area (Å²) in [5.41, 5.74) is 2.73. The van der Waals surface area contributed by atoms with Crippen molar-refractivity contribution in [1.82, 2.24) is 15.2 Å². The molecule has 1 heterocycles. The quantitative estimate of drug-likeness (QED) is 0.883. The van der Waals surface area contributed by atoms with E-state index in [9.17, 15) is 9.18 Å². The summed E-state index contributed by atoms with van der Waals surface area (Å²) in [5.74, 6) is -0.237. The highest BCUT2D eigenvalue weighted by Crippen LogP contribution is 2.08. The van der Waals surface area contributed by atoms with Crippen LogP contribution >= 0.6 is 0 Å². The molecule has 2 rings (SSSR count). The number of carbonyl (C=O) groups excluding carboxylic acids is 1. The number of carbonyl (C=O) groups is 1. The monoisotopic (exact) mass is 329 g/mol. The molecule has 0 aliphatic rings. The van der Waals surface area contributed by atoms with Gasteiger partial charge in [0.05, 0.1) is 0 Å². The zero-order chi connectivity index (χ0) is 17.5. The van der Waals surface area contributed by atoms with Crippen molar-refractivity contribution in [3.8, 4) is 0 Å². The Bertz CT molecular complexity index is 690. The Morgan fingerprint density at radius 3 is 2.79 bits per heavy atom. The lowest BCUT2D eigenvalue weighted by Gasteiger charge is -2.25. The van der Waals surface area contributed by atoms with Crippen molar-refractivity contribution in [3.63, 3.8) is 0 Å². The van der Waals surface area contributed by atoms with Crippen molar-refractivity contribution in [2.75, 3.05) is 13.6 Å². The SMILES string of the molecule is Cc1ccnc(C[C@H](C)N(C)C(=O)NCCc2ccccc2F)c1. The van der Waals surface area contributed by atoms with Gasteiger partial charge < -0.3 is 10.2 Å². The summed E-state index contributed by atoms with van der Waals surface area (Å²) in [6.07, 6.45) is 2.95. The van der Waals surface area contributed by atoms with E-state index in [1.807, 2.05) is 26.0 Å². The standard InChI is InChI=1S/C19H24FN3O/c1-14-8-10-21-17(12-14)13-15(2)23(3)19(24)22-11-9-16-6-4-5-7-18(16)20/h4-8,10,12,15H,9,11,13H2,1-3H3,(H,22,24)/t15-/m0/s1. The normalized spacial score (nSPS) is 11.8. The van der Waals surface area contributed by atoms with Crippen molar-refractivity contribution in [2.24, 2.45) is 0 Å². The zero-order valence-corrected chi connectivity index (χ0v) is 14.4. The molecule has 0 radical (unpaired) electrons. The predicted octanol–water partition coefficient (Wildman–Crippen LogP) is 3.34. The number of rotatable bonds is 6. The maximum atomic E-state index is 13.5. The van der Waals surface area contributed by atoms with Crippen LogP contribution in [-0.2, 0) is 12.8 Å². The number of amides is 2. The molecular weight excluding hydrogens is 305 g/mol. The first-order chi connectivity index (χ1) is 11.5. The number of likely N-dealkylation sites (N-methyl/N-ethyl adjacent to an activating group) is 1. The molecule has 4 nitrogen and oxygen atoms in total. The smallest absolute Gasteiger partial charge is 0.317 e. The van der Waals surface area contributed by atoms with Crippen LogP contribution in [0, 0.1) is 12.7 Å². The largest absolute Gasteiger partial charge is 0.338 e. The fourth-order valence-corrected chi connectivity index (χ4v) is 2.48. The van der Waals surface area contributed by atoms with Crippen molar-refractivity contribution in [3.05, 3.63) is 65.2 Å². The summed E-state index contributed by atoms with van der Waals surface area (Å²) < 4.78 is 13.5. The molecule has 0 unspecified atom stereocenters. The molecule has 24 heavy (non-hydrogen) atoms. The van der Waals surface area contributed by atoms with E-state index >= 15 is 0 Å². The molecule has 0 saturated carbocycles. The second kappa shape index (κ2) is 8.43. The summed E-state index contributed by atoms with van der Waals surface area (Å²) in [4.78, 5) is 18.2. The summed E-state index contributed by atoms with van der Waals surface area (Å²) in [7, 11) is 1.76. The molecule has 0 spiro atoms. The Balaban J connectivity index is 1.82. The van der Waals surface area contributed by atoms with E-state index in [-0.39, 0.29) is 17.9 Å². The van der Waals surface area contributed by atoms with E-state index < -0.39 is 0 Å². The average molecular weight is 329 g/mol. The minimum atomic E-state index is -0.237. The number of halogens is 1. The van der Waals surface area contributed by atoms with E-state index in [0.29, 0.717) is 24.9 Å². The molecular formula is C19H24FN3O.